The van der Waals surface area contributed by atoms with Crippen molar-refractivity contribution in [2.24, 2.45) is 10.7 Å². The number of carbonyl (C=O) groups is 1. The number of benzene rings is 2. The molecule has 1 fully saturated rings. The van der Waals surface area contributed by atoms with Gasteiger partial charge in [-0.2, -0.15) is 0 Å². The predicted molar refractivity (Wildman–Crippen MR) is 103 cm³/mol. The Hall–Kier alpha value is -3.02. The van der Waals surface area contributed by atoms with Gasteiger partial charge in [-0.05, 0) is 43.5 Å². The maximum atomic E-state index is 11.6. The number of hydrogen-bond donors (Lipinski definition) is 3. The summed E-state index contributed by atoms with van der Waals surface area (Å²) in [6.45, 7) is 0.511. The van der Waals surface area contributed by atoms with Gasteiger partial charge in [0.15, 0.2) is 5.96 Å². The lowest BCUT2D eigenvalue weighted by atomic mass is 10.3. The Kier molecular flexibility index (Phi) is 6.09. The monoisotopic (exact) mass is 352 g/mol. The van der Waals surface area contributed by atoms with Crippen molar-refractivity contribution in [3.05, 3.63) is 54.6 Å². The third kappa shape index (κ3) is 6.12. The Morgan fingerprint density at radius 2 is 1.88 bits per heavy atom. The van der Waals surface area contributed by atoms with Crippen LogP contribution >= 0.6 is 0 Å². The molecule has 1 saturated carbocycles. The second-order valence-corrected chi connectivity index (χ2v) is 6.28. The van der Waals surface area contributed by atoms with Gasteiger partial charge in [0.2, 0.25) is 5.91 Å². The lowest BCUT2D eigenvalue weighted by Crippen LogP contribution is -2.25. The van der Waals surface area contributed by atoms with Crippen molar-refractivity contribution in [3.8, 4) is 11.5 Å². The fraction of sp³-hybridized carbons (Fsp3) is 0.300. The minimum absolute atomic E-state index is 0.0972. The predicted octanol–water partition coefficient (Wildman–Crippen LogP) is 3.26. The van der Waals surface area contributed by atoms with E-state index in [4.69, 9.17) is 10.5 Å². The number of rotatable bonds is 8. The first kappa shape index (κ1) is 17.8. The zero-order valence-corrected chi connectivity index (χ0v) is 14.7. The highest BCUT2D eigenvalue weighted by Gasteiger charge is 2.22. The van der Waals surface area contributed by atoms with E-state index in [2.05, 4.69) is 15.6 Å². The number of amides is 1. The standard InChI is InChI=1S/C20H24N4O2/c21-20(22-13-5-10-19(25)23-15-11-12-15)24-16-6-4-9-18(14-16)26-17-7-2-1-3-8-17/h1-4,6-9,14-15H,5,10-13H2,(H,23,25)(H3,21,22,24). The van der Waals surface area contributed by atoms with Gasteiger partial charge in [0.05, 0.1) is 0 Å². The van der Waals surface area contributed by atoms with E-state index in [1.54, 1.807) is 0 Å². The van der Waals surface area contributed by atoms with Crippen LogP contribution in [0.25, 0.3) is 0 Å². The van der Waals surface area contributed by atoms with E-state index >= 15 is 0 Å². The van der Waals surface area contributed by atoms with Gasteiger partial charge < -0.3 is 21.1 Å². The Bertz CT molecular complexity index is 757. The second kappa shape index (κ2) is 8.89. The number of carbonyl (C=O) groups excluding carboxylic acids is 1. The molecule has 26 heavy (non-hydrogen) atoms. The minimum atomic E-state index is 0.0972. The molecule has 0 saturated heterocycles. The van der Waals surface area contributed by atoms with E-state index in [1.165, 1.54) is 0 Å². The number of nitrogens with one attached hydrogen (secondary N) is 2. The minimum Gasteiger partial charge on any atom is -0.457 e. The largest absolute Gasteiger partial charge is 0.457 e. The fourth-order valence-electron chi connectivity index (χ4n) is 2.42. The fourth-order valence-corrected chi connectivity index (χ4v) is 2.42. The molecule has 0 heterocycles. The van der Waals surface area contributed by atoms with Crippen molar-refractivity contribution < 1.29 is 9.53 Å². The summed E-state index contributed by atoms with van der Waals surface area (Å²) in [7, 11) is 0. The van der Waals surface area contributed by atoms with Crippen LogP contribution < -0.4 is 21.1 Å². The van der Waals surface area contributed by atoms with Gasteiger partial charge in [-0.25, -0.2) is 0 Å². The number of nitrogens with zero attached hydrogens (tertiary/aromatic N) is 1. The Labute approximate surface area is 153 Å². The number of anilines is 1. The molecule has 3 rings (SSSR count). The van der Waals surface area contributed by atoms with Gasteiger partial charge in [0.1, 0.15) is 11.5 Å². The zero-order chi connectivity index (χ0) is 18.2. The topological polar surface area (TPSA) is 88.7 Å². The number of guanidine groups is 1. The summed E-state index contributed by atoms with van der Waals surface area (Å²) in [5, 5.41) is 6.01. The molecule has 6 nitrogen and oxygen atoms in total. The molecule has 0 atom stereocenters. The molecular formula is C20H24N4O2. The SMILES string of the molecule is NC(=NCCCC(=O)NC1CC1)Nc1cccc(Oc2ccccc2)c1. The molecule has 0 unspecified atom stereocenters. The summed E-state index contributed by atoms with van der Waals surface area (Å²) in [6.07, 6.45) is 3.37. The lowest BCUT2D eigenvalue weighted by Gasteiger charge is -2.09. The van der Waals surface area contributed by atoms with Crippen LogP contribution in [-0.2, 0) is 4.79 Å². The van der Waals surface area contributed by atoms with Crippen molar-refractivity contribution in [2.75, 3.05) is 11.9 Å². The zero-order valence-electron chi connectivity index (χ0n) is 14.7. The van der Waals surface area contributed by atoms with Gasteiger partial charge >= 0.3 is 0 Å². The molecule has 0 spiro atoms. The first-order chi connectivity index (χ1) is 12.7. The highest BCUT2D eigenvalue weighted by molar-refractivity contribution is 5.92. The van der Waals surface area contributed by atoms with Gasteiger partial charge in [0, 0.05) is 30.8 Å². The lowest BCUT2D eigenvalue weighted by molar-refractivity contribution is -0.121. The van der Waals surface area contributed by atoms with Crippen molar-refractivity contribution >= 4 is 17.6 Å². The third-order valence-electron chi connectivity index (χ3n) is 3.87. The normalized spacial score (nSPS) is 13.9. The molecule has 2 aromatic carbocycles. The maximum Gasteiger partial charge on any atom is 0.220 e. The highest BCUT2D eigenvalue weighted by atomic mass is 16.5. The summed E-state index contributed by atoms with van der Waals surface area (Å²) >= 11 is 0. The maximum absolute atomic E-state index is 11.6. The van der Waals surface area contributed by atoms with Crippen LogP contribution in [0.4, 0.5) is 5.69 Å². The van der Waals surface area contributed by atoms with E-state index in [1.807, 2.05) is 54.6 Å². The van der Waals surface area contributed by atoms with Gasteiger partial charge in [-0.15, -0.1) is 0 Å². The van der Waals surface area contributed by atoms with E-state index in [0.717, 1.165) is 24.3 Å². The summed E-state index contributed by atoms with van der Waals surface area (Å²) in [5.41, 5.74) is 6.71. The Balaban J connectivity index is 1.45. The van der Waals surface area contributed by atoms with Crippen LogP contribution in [0.1, 0.15) is 25.7 Å². The summed E-state index contributed by atoms with van der Waals surface area (Å²) in [5.74, 6) is 1.91. The van der Waals surface area contributed by atoms with Crippen molar-refractivity contribution in [3.63, 3.8) is 0 Å². The Morgan fingerprint density at radius 3 is 2.65 bits per heavy atom. The number of ether oxygens (including phenoxy) is 1. The molecule has 136 valence electrons. The van der Waals surface area contributed by atoms with Crippen LogP contribution in [0.3, 0.4) is 0 Å². The van der Waals surface area contributed by atoms with Crippen LogP contribution in [0.5, 0.6) is 11.5 Å². The molecule has 6 heteroatoms. The molecular weight excluding hydrogens is 328 g/mol. The summed E-state index contributed by atoms with van der Waals surface area (Å²) in [4.78, 5) is 15.9. The average Bonchev–Trinajstić information content (AvgIpc) is 3.44. The van der Waals surface area contributed by atoms with E-state index in [9.17, 15) is 4.79 Å². The molecule has 4 N–H and O–H groups in total. The van der Waals surface area contributed by atoms with Gasteiger partial charge in [-0.1, -0.05) is 24.3 Å². The number of hydrogen-bond acceptors (Lipinski definition) is 3. The molecule has 0 aliphatic heterocycles. The second-order valence-electron chi connectivity index (χ2n) is 6.28. The van der Waals surface area contributed by atoms with Crippen LogP contribution in [0.2, 0.25) is 0 Å². The van der Waals surface area contributed by atoms with Crippen LogP contribution in [-0.4, -0.2) is 24.5 Å². The number of nitrogens with two attached hydrogens (primary N) is 1. The quantitative estimate of drug-likeness (QED) is 0.386. The van der Waals surface area contributed by atoms with Crippen LogP contribution in [0, 0.1) is 0 Å². The van der Waals surface area contributed by atoms with Crippen molar-refractivity contribution in [1.29, 1.82) is 0 Å². The smallest absolute Gasteiger partial charge is 0.220 e. The molecule has 0 radical (unpaired) electrons. The average molecular weight is 352 g/mol. The summed E-state index contributed by atoms with van der Waals surface area (Å²) < 4.78 is 5.80. The molecule has 0 aromatic heterocycles. The Morgan fingerprint density at radius 1 is 1.12 bits per heavy atom. The van der Waals surface area contributed by atoms with E-state index < -0.39 is 0 Å². The van der Waals surface area contributed by atoms with E-state index in [0.29, 0.717) is 37.1 Å². The van der Waals surface area contributed by atoms with E-state index in [-0.39, 0.29) is 5.91 Å². The highest BCUT2D eigenvalue weighted by Crippen LogP contribution is 2.23. The van der Waals surface area contributed by atoms with Crippen molar-refractivity contribution in [2.45, 2.75) is 31.7 Å². The summed E-state index contributed by atoms with van der Waals surface area (Å²) in [6, 6.07) is 17.5. The molecule has 1 aliphatic carbocycles. The molecule has 1 amide bonds. The van der Waals surface area contributed by atoms with Gasteiger partial charge in [-0.3, -0.25) is 9.79 Å². The van der Waals surface area contributed by atoms with Gasteiger partial charge in [0.25, 0.3) is 0 Å². The van der Waals surface area contributed by atoms with Crippen LogP contribution in [0.15, 0.2) is 59.6 Å². The van der Waals surface area contributed by atoms with Crippen molar-refractivity contribution in [1.82, 2.24) is 5.32 Å². The first-order valence-corrected chi connectivity index (χ1v) is 8.88. The molecule has 1 aliphatic rings. The number of aliphatic imine (C=N–C) groups is 1. The third-order valence-corrected chi connectivity index (χ3v) is 3.87. The number of para-hydroxylation sites is 1. The molecule has 2 aromatic rings. The molecule has 0 bridgehead atoms. The first-order valence-electron chi connectivity index (χ1n) is 8.88.